The Kier molecular flexibility index (Phi) is 6.07. The lowest BCUT2D eigenvalue weighted by Crippen LogP contribution is -2.20. The first-order valence-electron chi connectivity index (χ1n) is 5.84. The van der Waals surface area contributed by atoms with E-state index < -0.39 is 24.6 Å². The topological polar surface area (TPSA) is 57.7 Å². The van der Waals surface area contributed by atoms with Gasteiger partial charge in [0.2, 0.25) is 11.8 Å². The summed E-state index contributed by atoms with van der Waals surface area (Å²) in [5.74, 6) is -1.60. The average molecular weight is 328 g/mol. The Morgan fingerprint density at radius 1 is 1.33 bits per heavy atom. The van der Waals surface area contributed by atoms with Gasteiger partial charge in [-0.05, 0) is 13.0 Å². The van der Waals surface area contributed by atoms with Gasteiger partial charge in [-0.1, -0.05) is 0 Å². The fourth-order valence-corrected chi connectivity index (χ4v) is 1.73. The van der Waals surface area contributed by atoms with Crippen LogP contribution in [0, 0.1) is 0 Å². The van der Waals surface area contributed by atoms with E-state index in [0.29, 0.717) is 5.56 Å². The predicted molar refractivity (Wildman–Crippen MR) is 67.4 cm³/mol. The fraction of sp³-hybridized carbons (Fsp3) is 0.500. The van der Waals surface area contributed by atoms with Gasteiger partial charge in [0, 0.05) is 11.1 Å². The van der Waals surface area contributed by atoms with Crippen molar-refractivity contribution in [2.24, 2.45) is 0 Å². The number of carbonyl (C=O) groups is 1. The summed E-state index contributed by atoms with van der Waals surface area (Å²) in [6, 6.07) is 1.27. The monoisotopic (exact) mass is 327 g/mol. The molecule has 0 aliphatic carbocycles. The standard InChI is InChI=1S/C12H13ClF3NO4/c1-3-20-9(18)5-7-4-8(6-13)10(19-2)17-11(7)21-12(14,15)16/h4H,3,5-6H2,1-2H3. The molecule has 1 aromatic heterocycles. The summed E-state index contributed by atoms with van der Waals surface area (Å²) in [4.78, 5) is 15.0. The zero-order chi connectivity index (χ0) is 16.0. The minimum atomic E-state index is -4.94. The number of carbonyl (C=O) groups excluding carboxylic acids is 1. The summed E-state index contributed by atoms with van der Waals surface area (Å²) < 4.78 is 50.5. The molecule has 0 radical (unpaired) electrons. The Bertz CT molecular complexity index is 508. The van der Waals surface area contributed by atoms with E-state index in [-0.39, 0.29) is 23.9 Å². The van der Waals surface area contributed by atoms with Gasteiger partial charge in [-0.25, -0.2) is 0 Å². The predicted octanol–water partition coefficient (Wildman–Crippen LogP) is 2.83. The van der Waals surface area contributed by atoms with Gasteiger partial charge >= 0.3 is 12.3 Å². The van der Waals surface area contributed by atoms with Gasteiger partial charge in [-0.15, -0.1) is 24.8 Å². The van der Waals surface area contributed by atoms with Gasteiger partial charge < -0.3 is 14.2 Å². The van der Waals surface area contributed by atoms with Crippen LogP contribution < -0.4 is 9.47 Å². The molecule has 21 heavy (non-hydrogen) atoms. The molecule has 0 aliphatic heterocycles. The third-order valence-electron chi connectivity index (χ3n) is 2.29. The lowest BCUT2D eigenvalue weighted by atomic mass is 10.1. The molecule has 0 atom stereocenters. The molecule has 1 heterocycles. The Morgan fingerprint density at radius 2 is 2.00 bits per heavy atom. The molecular weight excluding hydrogens is 315 g/mol. The molecule has 0 amide bonds. The summed E-state index contributed by atoms with van der Waals surface area (Å²) in [6.07, 6.45) is -5.36. The van der Waals surface area contributed by atoms with E-state index in [1.54, 1.807) is 6.92 Å². The molecule has 9 heteroatoms. The number of rotatable bonds is 6. The molecule has 0 fully saturated rings. The summed E-state index contributed by atoms with van der Waals surface area (Å²) in [5.41, 5.74) is 0.259. The molecule has 5 nitrogen and oxygen atoms in total. The first-order chi connectivity index (χ1) is 9.80. The largest absolute Gasteiger partial charge is 0.574 e. The van der Waals surface area contributed by atoms with Crippen LogP contribution in [-0.2, 0) is 21.8 Å². The van der Waals surface area contributed by atoms with Crippen LogP contribution in [0.5, 0.6) is 11.8 Å². The Labute approximate surface area is 124 Å². The molecule has 0 unspecified atom stereocenters. The van der Waals surface area contributed by atoms with Crippen LogP contribution in [-0.4, -0.2) is 31.0 Å². The van der Waals surface area contributed by atoms with Crippen molar-refractivity contribution in [2.75, 3.05) is 13.7 Å². The van der Waals surface area contributed by atoms with Gasteiger partial charge in [0.05, 0.1) is 26.0 Å². The van der Waals surface area contributed by atoms with Crippen LogP contribution in [0.3, 0.4) is 0 Å². The van der Waals surface area contributed by atoms with Crippen molar-refractivity contribution in [3.05, 3.63) is 17.2 Å². The molecule has 0 saturated carbocycles. The van der Waals surface area contributed by atoms with Gasteiger partial charge in [0.25, 0.3) is 0 Å². The smallest absolute Gasteiger partial charge is 0.481 e. The fourth-order valence-electron chi connectivity index (χ4n) is 1.53. The highest BCUT2D eigenvalue weighted by Crippen LogP contribution is 2.30. The minimum Gasteiger partial charge on any atom is -0.481 e. The van der Waals surface area contributed by atoms with Crippen LogP contribution in [0.15, 0.2) is 6.07 Å². The van der Waals surface area contributed by atoms with E-state index in [0.717, 1.165) is 0 Å². The number of alkyl halides is 4. The van der Waals surface area contributed by atoms with E-state index in [1.165, 1.54) is 13.2 Å². The minimum absolute atomic E-state index is 0.0434. The summed E-state index contributed by atoms with van der Waals surface area (Å²) >= 11 is 5.67. The summed E-state index contributed by atoms with van der Waals surface area (Å²) in [7, 11) is 1.24. The van der Waals surface area contributed by atoms with Crippen molar-refractivity contribution < 1.29 is 32.2 Å². The quantitative estimate of drug-likeness (QED) is 0.594. The molecular formula is C12H13ClF3NO4. The first-order valence-corrected chi connectivity index (χ1v) is 6.38. The second-order valence-electron chi connectivity index (χ2n) is 3.78. The molecule has 0 N–H and O–H groups in total. The number of aromatic nitrogens is 1. The Hall–Kier alpha value is -1.70. The molecule has 0 aromatic carbocycles. The van der Waals surface area contributed by atoms with Crippen molar-refractivity contribution in [3.8, 4) is 11.8 Å². The highest BCUT2D eigenvalue weighted by molar-refractivity contribution is 6.17. The van der Waals surface area contributed by atoms with Crippen molar-refractivity contribution in [1.29, 1.82) is 0 Å². The molecule has 1 rings (SSSR count). The number of methoxy groups -OCH3 is 1. The third kappa shape index (κ3) is 5.30. The second kappa shape index (κ2) is 7.35. The molecule has 0 spiro atoms. The first kappa shape index (κ1) is 17.4. The molecule has 0 bridgehead atoms. The normalized spacial score (nSPS) is 11.1. The second-order valence-corrected chi connectivity index (χ2v) is 4.05. The van der Waals surface area contributed by atoms with E-state index in [1.807, 2.05) is 0 Å². The maximum Gasteiger partial charge on any atom is 0.574 e. The van der Waals surface area contributed by atoms with Crippen molar-refractivity contribution in [3.63, 3.8) is 0 Å². The molecule has 1 aromatic rings. The number of esters is 1. The number of hydrogen-bond donors (Lipinski definition) is 0. The van der Waals surface area contributed by atoms with Crippen LogP contribution >= 0.6 is 11.6 Å². The zero-order valence-electron chi connectivity index (χ0n) is 11.3. The van der Waals surface area contributed by atoms with Gasteiger partial charge in [-0.2, -0.15) is 4.98 Å². The van der Waals surface area contributed by atoms with Gasteiger partial charge in [0.1, 0.15) is 0 Å². The number of hydrogen-bond acceptors (Lipinski definition) is 5. The number of pyridine rings is 1. The number of ether oxygens (including phenoxy) is 3. The van der Waals surface area contributed by atoms with Gasteiger partial charge in [0.15, 0.2) is 0 Å². The molecule has 118 valence electrons. The Balaban J connectivity index is 3.19. The van der Waals surface area contributed by atoms with Crippen LogP contribution in [0.2, 0.25) is 0 Å². The molecule has 0 saturated heterocycles. The lowest BCUT2D eigenvalue weighted by molar-refractivity contribution is -0.276. The Morgan fingerprint density at radius 3 is 2.48 bits per heavy atom. The lowest BCUT2D eigenvalue weighted by Gasteiger charge is -2.15. The maximum atomic E-state index is 12.4. The van der Waals surface area contributed by atoms with E-state index in [2.05, 4.69) is 9.72 Å². The highest BCUT2D eigenvalue weighted by Gasteiger charge is 2.34. The SMILES string of the molecule is CCOC(=O)Cc1cc(CCl)c(OC)nc1OC(F)(F)F. The van der Waals surface area contributed by atoms with Crippen LogP contribution in [0.4, 0.5) is 13.2 Å². The van der Waals surface area contributed by atoms with Crippen LogP contribution in [0.1, 0.15) is 18.1 Å². The number of nitrogens with zero attached hydrogens (tertiary/aromatic N) is 1. The van der Waals surface area contributed by atoms with Crippen molar-refractivity contribution >= 4 is 17.6 Å². The van der Waals surface area contributed by atoms with Crippen molar-refractivity contribution in [1.82, 2.24) is 4.98 Å². The third-order valence-corrected chi connectivity index (χ3v) is 2.58. The van der Waals surface area contributed by atoms with E-state index in [9.17, 15) is 18.0 Å². The average Bonchev–Trinajstić information content (AvgIpc) is 2.38. The summed E-state index contributed by atoms with van der Waals surface area (Å²) in [6.45, 7) is 1.70. The maximum absolute atomic E-state index is 12.4. The molecule has 0 aliphatic rings. The van der Waals surface area contributed by atoms with Crippen LogP contribution in [0.25, 0.3) is 0 Å². The van der Waals surface area contributed by atoms with Crippen molar-refractivity contribution in [2.45, 2.75) is 25.6 Å². The summed E-state index contributed by atoms with van der Waals surface area (Å²) in [5, 5.41) is 0. The highest BCUT2D eigenvalue weighted by atomic mass is 35.5. The van der Waals surface area contributed by atoms with E-state index in [4.69, 9.17) is 21.1 Å². The zero-order valence-corrected chi connectivity index (χ0v) is 12.0. The van der Waals surface area contributed by atoms with Gasteiger partial charge in [-0.3, -0.25) is 4.79 Å². The number of halogens is 4. The van der Waals surface area contributed by atoms with E-state index >= 15 is 0 Å².